The maximum absolute atomic E-state index is 13.1. The molecule has 7 nitrogen and oxygen atoms in total. The Morgan fingerprint density at radius 2 is 1.76 bits per heavy atom. The summed E-state index contributed by atoms with van der Waals surface area (Å²) in [5, 5.41) is 14.3. The Hall–Kier alpha value is -3.56. The molecule has 5 aromatic rings. The summed E-state index contributed by atoms with van der Waals surface area (Å²) in [6.07, 6.45) is 0.908. The Morgan fingerprint density at radius 3 is 2.53 bits per heavy atom. The molecule has 5 rings (SSSR count). The van der Waals surface area contributed by atoms with Crippen molar-refractivity contribution in [3.05, 3.63) is 92.4 Å². The normalized spacial score (nSPS) is 11.2. The average molecular weight is 489 g/mol. The van der Waals surface area contributed by atoms with E-state index in [9.17, 15) is 9.59 Å². The first-order valence-electron chi connectivity index (χ1n) is 10.7. The van der Waals surface area contributed by atoms with Crippen LogP contribution in [0.5, 0.6) is 0 Å². The van der Waals surface area contributed by atoms with Crippen molar-refractivity contribution in [1.82, 2.24) is 20.0 Å². The number of fused-ring (bicyclic) bond motifs is 1. The lowest BCUT2D eigenvalue weighted by Crippen LogP contribution is -2.24. The van der Waals surface area contributed by atoms with E-state index < -0.39 is 0 Å². The number of thiophene rings is 1. The van der Waals surface area contributed by atoms with E-state index in [1.165, 1.54) is 32.7 Å². The topological polar surface area (TPSA) is 90.9 Å². The van der Waals surface area contributed by atoms with Crippen LogP contribution < -0.4 is 5.56 Å². The molecule has 0 spiro atoms. The van der Waals surface area contributed by atoms with Gasteiger partial charge in [-0.05, 0) is 30.2 Å². The third-order valence-electron chi connectivity index (χ3n) is 5.26. The van der Waals surface area contributed by atoms with Crippen molar-refractivity contribution in [1.29, 1.82) is 0 Å². The Labute approximate surface area is 203 Å². The molecule has 170 valence electrons. The van der Waals surface area contributed by atoms with E-state index >= 15 is 0 Å². The highest BCUT2D eigenvalue weighted by atomic mass is 32.2. The summed E-state index contributed by atoms with van der Waals surface area (Å²) in [6.45, 7) is 2.39. The van der Waals surface area contributed by atoms with Crippen LogP contribution in [-0.2, 0) is 13.0 Å². The van der Waals surface area contributed by atoms with Crippen molar-refractivity contribution in [3.8, 4) is 11.6 Å². The quantitative estimate of drug-likeness (QED) is 0.222. The highest BCUT2D eigenvalue weighted by Crippen LogP contribution is 2.27. The molecule has 34 heavy (non-hydrogen) atoms. The molecule has 0 atom stereocenters. The van der Waals surface area contributed by atoms with Gasteiger partial charge in [-0.2, -0.15) is 5.10 Å². The highest BCUT2D eigenvalue weighted by Gasteiger charge is 2.19. The number of Topliss-reactive ketones (excluding diaryl/α,β-unsaturated/α-hetero) is 1. The number of thioether (sulfide) groups is 1. The first kappa shape index (κ1) is 22.2. The van der Waals surface area contributed by atoms with Gasteiger partial charge in [-0.15, -0.1) is 21.5 Å². The van der Waals surface area contributed by atoms with E-state index in [4.69, 9.17) is 4.42 Å². The number of rotatable bonds is 8. The molecule has 0 aliphatic carbocycles. The molecular weight excluding hydrogens is 468 g/mol. The lowest BCUT2D eigenvalue weighted by molar-refractivity contribution is 0.102. The Balaban J connectivity index is 1.43. The minimum absolute atomic E-state index is 0.0226. The summed E-state index contributed by atoms with van der Waals surface area (Å²) in [4.78, 5) is 27.5. The lowest BCUT2D eigenvalue weighted by Gasteiger charge is -2.09. The zero-order valence-electron chi connectivity index (χ0n) is 18.3. The summed E-state index contributed by atoms with van der Waals surface area (Å²) in [5.41, 5.74) is 1.20. The predicted octanol–water partition coefficient (Wildman–Crippen LogP) is 5.09. The van der Waals surface area contributed by atoms with Crippen LogP contribution in [0.4, 0.5) is 0 Å². The SMILES string of the molecule is CCc1ccc(C(=O)CSc2nnc(-c3nn(Cc4ccccc4)c(=O)c4ccccc34)o2)s1. The number of aromatic nitrogens is 4. The van der Waals surface area contributed by atoms with E-state index in [2.05, 4.69) is 22.2 Å². The van der Waals surface area contributed by atoms with Gasteiger partial charge in [0.1, 0.15) is 0 Å². The number of benzene rings is 2. The monoisotopic (exact) mass is 488 g/mol. The van der Waals surface area contributed by atoms with Gasteiger partial charge in [-0.25, -0.2) is 4.68 Å². The molecule has 3 aromatic heterocycles. The molecule has 0 aliphatic heterocycles. The second-order valence-corrected chi connectivity index (χ2v) is 9.64. The molecule has 0 saturated heterocycles. The van der Waals surface area contributed by atoms with Crippen molar-refractivity contribution in [2.75, 3.05) is 5.75 Å². The molecule has 0 fully saturated rings. The van der Waals surface area contributed by atoms with E-state index in [0.29, 0.717) is 23.0 Å². The Morgan fingerprint density at radius 1 is 1.00 bits per heavy atom. The third-order valence-corrected chi connectivity index (χ3v) is 7.35. The fraction of sp³-hybridized carbons (Fsp3) is 0.160. The van der Waals surface area contributed by atoms with Crippen LogP contribution in [0.25, 0.3) is 22.4 Å². The number of carbonyl (C=O) groups is 1. The molecule has 0 amide bonds. The highest BCUT2D eigenvalue weighted by molar-refractivity contribution is 7.99. The molecule has 9 heteroatoms. The Bertz CT molecular complexity index is 1520. The number of carbonyl (C=O) groups excluding carboxylic acids is 1. The van der Waals surface area contributed by atoms with Gasteiger partial charge in [-0.1, -0.05) is 67.2 Å². The van der Waals surface area contributed by atoms with Crippen LogP contribution in [0.3, 0.4) is 0 Å². The maximum atomic E-state index is 13.1. The van der Waals surface area contributed by atoms with Crippen molar-refractivity contribution in [3.63, 3.8) is 0 Å². The van der Waals surface area contributed by atoms with E-state index in [1.54, 1.807) is 6.07 Å². The van der Waals surface area contributed by atoms with Crippen LogP contribution in [-0.4, -0.2) is 31.5 Å². The summed E-state index contributed by atoms with van der Waals surface area (Å²) in [5.74, 6) is 0.430. The van der Waals surface area contributed by atoms with Crippen molar-refractivity contribution < 1.29 is 9.21 Å². The number of ketones is 1. The maximum Gasteiger partial charge on any atom is 0.277 e. The van der Waals surface area contributed by atoms with Crippen LogP contribution in [0.2, 0.25) is 0 Å². The van der Waals surface area contributed by atoms with Crippen molar-refractivity contribution in [2.24, 2.45) is 0 Å². The van der Waals surface area contributed by atoms with E-state index in [0.717, 1.165) is 16.9 Å². The van der Waals surface area contributed by atoms with E-state index in [-0.39, 0.29) is 28.2 Å². The summed E-state index contributed by atoms with van der Waals surface area (Å²) in [6, 6.07) is 20.7. The van der Waals surface area contributed by atoms with Crippen LogP contribution in [0, 0.1) is 0 Å². The fourth-order valence-corrected chi connectivity index (χ4v) is 5.16. The standard InChI is InChI=1S/C25H20N4O3S2/c1-2-17-12-13-21(34-17)20(30)15-33-25-27-26-23(32-25)22-18-10-6-7-11-19(18)24(31)29(28-22)14-16-8-4-3-5-9-16/h3-13H,2,14-15H2,1H3. The van der Waals surface area contributed by atoms with Crippen LogP contribution in [0.15, 0.2) is 81.2 Å². The fourth-order valence-electron chi connectivity index (χ4n) is 3.54. The minimum Gasteiger partial charge on any atom is -0.409 e. The molecule has 3 heterocycles. The molecule has 0 aliphatic rings. The predicted molar refractivity (Wildman–Crippen MR) is 134 cm³/mol. The van der Waals surface area contributed by atoms with Gasteiger partial charge in [0.15, 0.2) is 11.5 Å². The van der Waals surface area contributed by atoms with Gasteiger partial charge in [0, 0.05) is 10.3 Å². The first-order valence-corrected chi connectivity index (χ1v) is 12.5. The van der Waals surface area contributed by atoms with Gasteiger partial charge in [-0.3, -0.25) is 9.59 Å². The summed E-state index contributed by atoms with van der Waals surface area (Å²) < 4.78 is 7.26. The molecule has 0 bridgehead atoms. The number of aryl methyl sites for hydroxylation is 1. The van der Waals surface area contributed by atoms with Crippen molar-refractivity contribution >= 4 is 39.7 Å². The lowest BCUT2D eigenvalue weighted by atomic mass is 10.1. The molecule has 2 aromatic carbocycles. The van der Waals surface area contributed by atoms with Gasteiger partial charge in [0.05, 0.1) is 22.6 Å². The molecule has 0 N–H and O–H groups in total. The third kappa shape index (κ3) is 4.57. The second kappa shape index (κ2) is 9.74. The zero-order chi connectivity index (χ0) is 23.5. The molecular formula is C25H20N4O3S2. The van der Waals surface area contributed by atoms with Gasteiger partial charge in [0.25, 0.3) is 16.7 Å². The molecule has 0 saturated carbocycles. The average Bonchev–Trinajstić information content (AvgIpc) is 3.55. The first-order chi connectivity index (χ1) is 16.6. The number of nitrogens with zero attached hydrogens (tertiary/aromatic N) is 4. The smallest absolute Gasteiger partial charge is 0.277 e. The second-order valence-electron chi connectivity index (χ2n) is 7.55. The number of hydrogen-bond acceptors (Lipinski definition) is 8. The Kier molecular flexibility index (Phi) is 6.37. The summed E-state index contributed by atoms with van der Waals surface area (Å²) in [7, 11) is 0. The minimum atomic E-state index is -0.190. The molecule has 0 unspecified atom stereocenters. The summed E-state index contributed by atoms with van der Waals surface area (Å²) >= 11 is 2.70. The van der Waals surface area contributed by atoms with E-state index in [1.807, 2.05) is 60.7 Å². The van der Waals surface area contributed by atoms with Crippen LogP contribution in [0.1, 0.15) is 27.0 Å². The largest absolute Gasteiger partial charge is 0.409 e. The van der Waals surface area contributed by atoms with Crippen molar-refractivity contribution in [2.45, 2.75) is 25.1 Å². The van der Waals surface area contributed by atoms with Crippen LogP contribution >= 0.6 is 23.1 Å². The molecule has 0 radical (unpaired) electrons. The van der Waals surface area contributed by atoms with Gasteiger partial charge >= 0.3 is 0 Å². The van der Waals surface area contributed by atoms with Gasteiger partial charge in [0.2, 0.25) is 0 Å². The van der Waals surface area contributed by atoms with Gasteiger partial charge < -0.3 is 4.42 Å². The number of hydrogen-bond donors (Lipinski definition) is 0. The zero-order valence-corrected chi connectivity index (χ0v) is 19.9.